The molecule has 0 amide bonds. The molecule has 0 N–H and O–H groups in total. The molecular weight excluding hydrogens is 362 g/mol. The van der Waals surface area contributed by atoms with Crippen molar-refractivity contribution in [1.29, 1.82) is 0 Å². The zero-order valence-corrected chi connectivity index (χ0v) is 17.0. The number of hydrogen-bond donors (Lipinski definition) is 0. The number of benzene rings is 3. The Labute approximate surface area is 170 Å². The Bertz CT molecular complexity index is 1120. The monoisotopic (exact) mass is 385 g/mol. The van der Waals surface area contributed by atoms with Gasteiger partial charge in [-0.25, -0.2) is 0 Å². The van der Waals surface area contributed by atoms with Crippen molar-refractivity contribution in [3.63, 3.8) is 0 Å². The van der Waals surface area contributed by atoms with E-state index in [1.807, 2.05) is 60.0 Å². The van der Waals surface area contributed by atoms with Crippen LogP contribution < -0.4 is 0 Å². The van der Waals surface area contributed by atoms with Gasteiger partial charge in [0.25, 0.3) is 0 Å². The van der Waals surface area contributed by atoms with Crippen LogP contribution in [0.5, 0.6) is 0 Å². The highest BCUT2D eigenvalue weighted by Gasteiger charge is 2.18. The first-order chi connectivity index (χ1) is 13.7. The fourth-order valence-corrected chi connectivity index (χ4v) is 4.08. The number of ketones is 1. The van der Waals surface area contributed by atoms with E-state index in [0.29, 0.717) is 0 Å². The minimum Gasteiger partial charge on any atom is -0.356 e. The number of aryl methyl sites for hydroxylation is 2. The summed E-state index contributed by atoms with van der Waals surface area (Å²) in [6, 6.07) is 22.6. The molecule has 0 fully saturated rings. The molecule has 1 aromatic heterocycles. The standard InChI is InChI=1S/C25H23NOS/c1-26-16-23(22-9-5-7-19-6-3-4-8-21(19)22)24(17-26)25(27)20-12-10-18(11-13-20)14-15-28-2/h3-13,16-17H,14-15H2,1-2H3. The Morgan fingerprint density at radius 3 is 2.43 bits per heavy atom. The Balaban J connectivity index is 1.74. The van der Waals surface area contributed by atoms with Crippen molar-refractivity contribution >= 4 is 28.3 Å². The molecule has 3 heteroatoms. The van der Waals surface area contributed by atoms with Gasteiger partial charge in [-0.1, -0.05) is 66.7 Å². The van der Waals surface area contributed by atoms with E-state index in [9.17, 15) is 4.79 Å². The molecule has 0 saturated heterocycles. The topological polar surface area (TPSA) is 22.0 Å². The molecule has 0 aliphatic heterocycles. The van der Waals surface area contributed by atoms with Crippen LogP contribution in [0.15, 0.2) is 79.1 Å². The highest BCUT2D eigenvalue weighted by Crippen LogP contribution is 2.32. The summed E-state index contributed by atoms with van der Waals surface area (Å²) in [6.07, 6.45) is 7.12. The van der Waals surface area contributed by atoms with Gasteiger partial charge in [-0.2, -0.15) is 11.8 Å². The summed E-state index contributed by atoms with van der Waals surface area (Å²) in [5, 5.41) is 2.35. The van der Waals surface area contributed by atoms with E-state index in [-0.39, 0.29) is 5.78 Å². The number of aromatic nitrogens is 1. The van der Waals surface area contributed by atoms with Crippen LogP contribution in [-0.2, 0) is 13.5 Å². The van der Waals surface area contributed by atoms with Crippen LogP contribution in [0.4, 0.5) is 0 Å². The molecule has 0 radical (unpaired) electrons. The van der Waals surface area contributed by atoms with Gasteiger partial charge in [-0.15, -0.1) is 0 Å². The van der Waals surface area contributed by atoms with Crippen molar-refractivity contribution in [3.05, 3.63) is 95.8 Å². The summed E-state index contributed by atoms with van der Waals surface area (Å²) in [7, 11) is 1.97. The molecule has 140 valence electrons. The molecule has 4 aromatic rings. The van der Waals surface area contributed by atoms with Crippen LogP contribution in [0.3, 0.4) is 0 Å². The summed E-state index contributed by atoms with van der Waals surface area (Å²) in [5.74, 6) is 1.16. The zero-order chi connectivity index (χ0) is 19.5. The van der Waals surface area contributed by atoms with E-state index in [1.165, 1.54) is 10.9 Å². The number of carbonyl (C=O) groups excluding carboxylic acids is 1. The lowest BCUT2D eigenvalue weighted by molar-refractivity contribution is 0.103. The molecule has 0 bridgehead atoms. The van der Waals surface area contributed by atoms with Gasteiger partial charge in [-0.05, 0) is 40.3 Å². The molecule has 0 saturated carbocycles. The predicted octanol–water partition coefficient (Wildman–Crippen LogP) is 5.98. The van der Waals surface area contributed by atoms with E-state index in [1.54, 1.807) is 0 Å². The molecule has 1 heterocycles. The fourth-order valence-electron chi connectivity index (χ4n) is 3.64. The molecule has 2 nitrogen and oxygen atoms in total. The van der Waals surface area contributed by atoms with Gasteiger partial charge in [0.15, 0.2) is 5.78 Å². The Morgan fingerprint density at radius 1 is 0.893 bits per heavy atom. The van der Waals surface area contributed by atoms with Crippen LogP contribution in [0.2, 0.25) is 0 Å². The third kappa shape index (κ3) is 3.63. The zero-order valence-electron chi connectivity index (χ0n) is 16.2. The lowest BCUT2D eigenvalue weighted by Crippen LogP contribution is -2.02. The maximum absolute atomic E-state index is 13.3. The largest absolute Gasteiger partial charge is 0.356 e. The second kappa shape index (κ2) is 8.07. The van der Waals surface area contributed by atoms with Crippen molar-refractivity contribution in [2.45, 2.75) is 6.42 Å². The normalized spacial score (nSPS) is 11.1. The van der Waals surface area contributed by atoms with E-state index < -0.39 is 0 Å². The molecule has 0 aliphatic rings. The van der Waals surface area contributed by atoms with Crippen LogP contribution in [0.1, 0.15) is 21.5 Å². The second-order valence-corrected chi connectivity index (χ2v) is 8.03. The van der Waals surface area contributed by atoms with Crippen molar-refractivity contribution in [2.24, 2.45) is 7.05 Å². The third-order valence-electron chi connectivity index (χ3n) is 5.09. The predicted molar refractivity (Wildman–Crippen MR) is 120 cm³/mol. The van der Waals surface area contributed by atoms with Crippen LogP contribution in [-0.4, -0.2) is 22.4 Å². The summed E-state index contributed by atoms with van der Waals surface area (Å²) in [6.45, 7) is 0. The van der Waals surface area contributed by atoms with Gasteiger partial charge in [-0.3, -0.25) is 4.79 Å². The van der Waals surface area contributed by atoms with E-state index in [4.69, 9.17) is 0 Å². The summed E-state index contributed by atoms with van der Waals surface area (Å²) in [4.78, 5) is 13.3. The van der Waals surface area contributed by atoms with Gasteiger partial charge >= 0.3 is 0 Å². The number of nitrogens with zero attached hydrogens (tertiary/aromatic N) is 1. The number of fused-ring (bicyclic) bond motifs is 1. The number of carbonyl (C=O) groups is 1. The van der Waals surface area contributed by atoms with E-state index >= 15 is 0 Å². The molecule has 4 rings (SSSR count). The van der Waals surface area contributed by atoms with Gasteiger partial charge in [0.1, 0.15) is 0 Å². The molecule has 0 unspecified atom stereocenters. The Hall–Kier alpha value is -2.78. The average molecular weight is 386 g/mol. The molecule has 0 aliphatic carbocycles. The lowest BCUT2D eigenvalue weighted by Gasteiger charge is -2.08. The average Bonchev–Trinajstić information content (AvgIpc) is 3.13. The molecule has 28 heavy (non-hydrogen) atoms. The van der Waals surface area contributed by atoms with E-state index in [0.717, 1.165) is 39.8 Å². The summed E-state index contributed by atoms with van der Waals surface area (Å²) < 4.78 is 1.97. The minimum absolute atomic E-state index is 0.0694. The number of hydrogen-bond acceptors (Lipinski definition) is 2. The maximum Gasteiger partial charge on any atom is 0.195 e. The van der Waals surface area contributed by atoms with Crippen molar-refractivity contribution in [1.82, 2.24) is 4.57 Å². The minimum atomic E-state index is 0.0694. The number of rotatable bonds is 6. The van der Waals surface area contributed by atoms with Gasteiger partial charge < -0.3 is 4.57 Å². The first kappa shape index (κ1) is 18.6. The van der Waals surface area contributed by atoms with Gasteiger partial charge in [0, 0.05) is 36.1 Å². The highest BCUT2D eigenvalue weighted by atomic mass is 32.2. The van der Waals surface area contributed by atoms with Gasteiger partial charge in [0.05, 0.1) is 0 Å². The fraction of sp³-hybridized carbons (Fsp3) is 0.160. The van der Waals surface area contributed by atoms with Crippen molar-refractivity contribution in [3.8, 4) is 11.1 Å². The quantitative estimate of drug-likeness (QED) is 0.381. The molecule has 0 atom stereocenters. The van der Waals surface area contributed by atoms with E-state index in [2.05, 4.69) is 48.7 Å². The SMILES string of the molecule is CSCCc1ccc(C(=O)c2cn(C)cc2-c2cccc3ccccc23)cc1. The van der Waals surface area contributed by atoms with Crippen LogP contribution >= 0.6 is 11.8 Å². The second-order valence-electron chi connectivity index (χ2n) is 7.05. The first-order valence-electron chi connectivity index (χ1n) is 9.44. The van der Waals surface area contributed by atoms with Crippen LogP contribution in [0.25, 0.3) is 21.9 Å². The molecule has 3 aromatic carbocycles. The van der Waals surface area contributed by atoms with Gasteiger partial charge in [0.2, 0.25) is 0 Å². The van der Waals surface area contributed by atoms with Crippen molar-refractivity contribution in [2.75, 3.05) is 12.0 Å². The summed E-state index contributed by atoms with van der Waals surface area (Å²) >= 11 is 1.84. The Morgan fingerprint density at radius 2 is 1.64 bits per heavy atom. The lowest BCUT2D eigenvalue weighted by atomic mass is 9.94. The third-order valence-corrected chi connectivity index (χ3v) is 5.70. The van der Waals surface area contributed by atoms with Crippen molar-refractivity contribution < 1.29 is 4.79 Å². The number of thioether (sulfide) groups is 1. The highest BCUT2D eigenvalue weighted by molar-refractivity contribution is 7.98. The maximum atomic E-state index is 13.3. The molecular formula is C25H23NOS. The molecule has 0 spiro atoms. The smallest absolute Gasteiger partial charge is 0.195 e. The summed E-state index contributed by atoms with van der Waals surface area (Å²) in [5.41, 5.74) is 4.83. The first-order valence-corrected chi connectivity index (χ1v) is 10.8. The Kier molecular flexibility index (Phi) is 5.36. The van der Waals surface area contributed by atoms with Crippen LogP contribution in [0, 0.1) is 0 Å².